The van der Waals surface area contributed by atoms with Crippen LogP contribution in [0, 0.1) is 0 Å². The van der Waals surface area contributed by atoms with E-state index in [-0.39, 0.29) is 0 Å². The number of benzene rings is 3. The van der Waals surface area contributed by atoms with Crippen LogP contribution in [0.4, 0.5) is 0 Å². The van der Waals surface area contributed by atoms with Crippen LogP contribution in [-0.2, 0) is 6.42 Å². The normalized spacial score (nSPS) is 11.4. The zero-order valence-corrected chi connectivity index (χ0v) is 18.8. The van der Waals surface area contributed by atoms with Gasteiger partial charge in [-0.05, 0) is 52.4 Å². The number of aromatic nitrogens is 7. The lowest BCUT2D eigenvalue weighted by Gasteiger charge is -2.13. The molecule has 0 unspecified atom stereocenters. The predicted molar refractivity (Wildman–Crippen MR) is 134 cm³/mol. The monoisotopic (exact) mass is 445 g/mol. The number of nitrogens with zero attached hydrogens (tertiary/aromatic N) is 6. The van der Waals surface area contributed by atoms with Gasteiger partial charge in [0.25, 0.3) is 0 Å². The minimum absolute atomic E-state index is 0.584. The molecular formula is C27H23N7. The third-order valence-corrected chi connectivity index (χ3v) is 6.16. The summed E-state index contributed by atoms with van der Waals surface area (Å²) in [4.78, 5) is 9.59. The van der Waals surface area contributed by atoms with Crippen LogP contribution in [0.5, 0.6) is 0 Å². The number of unbranched alkanes of at least 4 members (excludes halogenated alkanes) is 1. The molecule has 0 radical (unpaired) electrons. The van der Waals surface area contributed by atoms with Crippen molar-refractivity contribution >= 4 is 21.9 Å². The molecule has 6 rings (SSSR count). The molecule has 166 valence electrons. The second-order valence-electron chi connectivity index (χ2n) is 8.31. The van der Waals surface area contributed by atoms with Crippen molar-refractivity contribution in [1.29, 1.82) is 0 Å². The van der Waals surface area contributed by atoms with Gasteiger partial charge in [-0.3, -0.25) is 4.57 Å². The molecular weight excluding hydrogens is 422 g/mol. The summed E-state index contributed by atoms with van der Waals surface area (Å²) in [6.07, 6.45) is 4.96. The van der Waals surface area contributed by atoms with Crippen molar-refractivity contribution in [3.63, 3.8) is 0 Å². The molecule has 0 bridgehead atoms. The fraction of sp³-hybridized carbons (Fsp3) is 0.148. The van der Waals surface area contributed by atoms with Gasteiger partial charge >= 0.3 is 0 Å². The maximum absolute atomic E-state index is 4.92. The third-order valence-electron chi connectivity index (χ3n) is 6.16. The van der Waals surface area contributed by atoms with E-state index in [4.69, 9.17) is 4.98 Å². The number of tetrazole rings is 1. The van der Waals surface area contributed by atoms with Gasteiger partial charge < -0.3 is 0 Å². The highest BCUT2D eigenvalue weighted by atomic mass is 15.5. The van der Waals surface area contributed by atoms with E-state index in [0.717, 1.165) is 69.4 Å². The molecule has 0 fully saturated rings. The van der Waals surface area contributed by atoms with Gasteiger partial charge in [-0.15, -0.1) is 10.2 Å². The van der Waals surface area contributed by atoms with Crippen molar-refractivity contribution in [2.45, 2.75) is 26.2 Å². The number of pyridine rings is 1. The van der Waals surface area contributed by atoms with Crippen molar-refractivity contribution in [2.24, 2.45) is 0 Å². The third kappa shape index (κ3) is 3.42. The summed E-state index contributed by atoms with van der Waals surface area (Å²) in [7, 11) is 0. The smallest absolute Gasteiger partial charge is 0.205 e. The lowest BCUT2D eigenvalue weighted by molar-refractivity contribution is 0.744. The minimum atomic E-state index is 0.584. The summed E-state index contributed by atoms with van der Waals surface area (Å²) in [6, 6.07) is 25.1. The fourth-order valence-corrected chi connectivity index (χ4v) is 4.55. The van der Waals surface area contributed by atoms with Crippen molar-refractivity contribution in [3.05, 3.63) is 84.8 Å². The molecule has 0 atom stereocenters. The Kier molecular flexibility index (Phi) is 5.07. The number of H-pyrrole nitrogens is 1. The van der Waals surface area contributed by atoms with E-state index in [2.05, 4.69) is 79.6 Å². The average molecular weight is 446 g/mol. The zero-order valence-electron chi connectivity index (χ0n) is 18.8. The molecule has 1 N–H and O–H groups in total. The van der Waals surface area contributed by atoms with Gasteiger partial charge in [-0.1, -0.05) is 61.9 Å². The number of nitrogens with one attached hydrogen (secondary N) is 1. The molecule has 0 saturated heterocycles. The Morgan fingerprint density at radius 3 is 2.68 bits per heavy atom. The minimum Gasteiger partial charge on any atom is -0.280 e. The number of hydrogen-bond donors (Lipinski definition) is 1. The molecule has 3 aromatic carbocycles. The van der Waals surface area contributed by atoms with Crippen LogP contribution >= 0.6 is 0 Å². The zero-order chi connectivity index (χ0) is 22.9. The summed E-state index contributed by atoms with van der Waals surface area (Å²) >= 11 is 0. The molecule has 7 heteroatoms. The lowest BCUT2D eigenvalue weighted by atomic mass is 9.96. The first-order valence-electron chi connectivity index (χ1n) is 11.5. The molecule has 0 aliphatic carbocycles. The number of fused-ring (bicyclic) bond motifs is 2. The van der Waals surface area contributed by atoms with Gasteiger partial charge in [-0.25, -0.2) is 9.97 Å². The molecule has 0 spiro atoms. The van der Waals surface area contributed by atoms with E-state index in [1.807, 2.05) is 36.5 Å². The van der Waals surface area contributed by atoms with Crippen LogP contribution in [0.2, 0.25) is 0 Å². The SMILES string of the molecule is CCCCc1nc2cccnc2n1-c1cccc2cc(-c3ccccc3-c3nn[nH]n3)ccc12. The van der Waals surface area contributed by atoms with Crippen LogP contribution in [0.1, 0.15) is 25.6 Å². The standard InChI is InChI=1S/C27H23N7/c1-2-3-13-25-29-23-11-7-16-28-27(23)34(25)24-12-6-8-18-17-19(14-15-21(18)24)20-9-4-5-10-22(20)26-30-32-33-31-26/h4-12,14-17H,2-3,13H2,1H3,(H,30,31,32,33). The van der Waals surface area contributed by atoms with Crippen LogP contribution in [0.3, 0.4) is 0 Å². The Labute approximate surface area is 196 Å². The quantitative estimate of drug-likeness (QED) is 0.352. The Bertz CT molecular complexity index is 1600. The van der Waals surface area contributed by atoms with E-state index in [1.165, 1.54) is 0 Å². The van der Waals surface area contributed by atoms with Crippen molar-refractivity contribution < 1.29 is 0 Å². The van der Waals surface area contributed by atoms with Crippen molar-refractivity contribution in [2.75, 3.05) is 0 Å². The summed E-state index contributed by atoms with van der Waals surface area (Å²) in [6.45, 7) is 2.21. The number of hydrogen-bond acceptors (Lipinski definition) is 5. The van der Waals surface area contributed by atoms with Crippen molar-refractivity contribution in [3.8, 4) is 28.2 Å². The highest BCUT2D eigenvalue weighted by molar-refractivity contribution is 5.96. The lowest BCUT2D eigenvalue weighted by Crippen LogP contribution is -2.03. The Hall–Kier alpha value is -4.39. The van der Waals surface area contributed by atoms with Gasteiger partial charge in [-0.2, -0.15) is 5.21 Å². The number of rotatable bonds is 6. The average Bonchev–Trinajstić information content (AvgIpc) is 3.55. The largest absolute Gasteiger partial charge is 0.280 e. The second kappa shape index (κ2) is 8.51. The van der Waals surface area contributed by atoms with Gasteiger partial charge in [0, 0.05) is 23.6 Å². The van der Waals surface area contributed by atoms with E-state index in [0.29, 0.717) is 5.82 Å². The van der Waals surface area contributed by atoms with E-state index < -0.39 is 0 Å². The summed E-state index contributed by atoms with van der Waals surface area (Å²) < 4.78 is 2.22. The van der Waals surface area contributed by atoms with Gasteiger partial charge in [0.15, 0.2) is 5.65 Å². The first-order valence-corrected chi connectivity index (χ1v) is 11.5. The topological polar surface area (TPSA) is 85.2 Å². The highest BCUT2D eigenvalue weighted by Crippen LogP contribution is 2.34. The molecule has 6 aromatic rings. The van der Waals surface area contributed by atoms with Crippen LogP contribution in [-0.4, -0.2) is 35.2 Å². The van der Waals surface area contributed by atoms with Crippen LogP contribution in [0.25, 0.3) is 50.1 Å². The summed E-state index contributed by atoms with van der Waals surface area (Å²) in [5.74, 6) is 1.63. The molecule has 0 aliphatic heterocycles. The van der Waals surface area contributed by atoms with E-state index >= 15 is 0 Å². The van der Waals surface area contributed by atoms with E-state index in [9.17, 15) is 0 Å². The van der Waals surface area contributed by atoms with Gasteiger partial charge in [0.2, 0.25) is 5.82 Å². The Morgan fingerprint density at radius 1 is 0.912 bits per heavy atom. The number of aromatic amines is 1. The first kappa shape index (κ1) is 20.2. The molecule has 0 saturated carbocycles. The summed E-state index contributed by atoms with van der Waals surface area (Å²) in [5.41, 5.74) is 6.03. The Balaban J connectivity index is 1.52. The first-order chi connectivity index (χ1) is 16.8. The van der Waals surface area contributed by atoms with Crippen LogP contribution < -0.4 is 0 Å². The number of aryl methyl sites for hydroxylation is 1. The Morgan fingerprint density at radius 2 is 1.82 bits per heavy atom. The van der Waals surface area contributed by atoms with Gasteiger partial charge in [0.1, 0.15) is 11.3 Å². The maximum Gasteiger partial charge on any atom is 0.205 e. The fourth-order valence-electron chi connectivity index (χ4n) is 4.55. The highest BCUT2D eigenvalue weighted by Gasteiger charge is 2.16. The predicted octanol–water partition coefficient (Wildman–Crippen LogP) is 5.76. The molecule has 34 heavy (non-hydrogen) atoms. The summed E-state index contributed by atoms with van der Waals surface area (Å²) in [5, 5.41) is 16.9. The number of imidazole rings is 1. The maximum atomic E-state index is 4.92. The molecule has 7 nitrogen and oxygen atoms in total. The van der Waals surface area contributed by atoms with Crippen molar-refractivity contribution in [1.82, 2.24) is 35.2 Å². The van der Waals surface area contributed by atoms with Crippen LogP contribution in [0.15, 0.2) is 79.0 Å². The van der Waals surface area contributed by atoms with Gasteiger partial charge in [0.05, 0.1) is 5.69 Å². The molecule has 3 heterocycles. The molecule has 3 aromatic heterocycles. The second-order valence-corrected chi connectivity index (χ2v) is 8.31. The molecule has 0 aliphatic rings. The molecule has 0 amide bonds. The van der Waals surface area contributed by atoms with E-state index in [1.54, 1.807) is 0 Å².